The number of fused-ring (bicyclic) bond motifs is 1. The Morgan fingerprint density at radius 1 is 0.938 bits per heavy atom. The molecule has 0 saturated carbocycles. The van der Waals surface area contributed by atoms with Crippen LogP contribution in [0.1, 0.15) is 5.56 Å². The van der Waals surface area contributed by atoms with Gasteiger partial charge < -0.3 is 14.6 Å². The molecule has 0 atom stereocenters. The summed E-state index contributed by atoms with van der Waals surface area (Å²) in [6, 6.07) is 22.4. The lowest BCUT2D eigenvalue weighted by molar-refractivity contribution is 0.413. The average Bonchev–Trinajstić information content (AvgIpc) is 3.22. The molecule has 6 nitrogen and oxygen atoms in total. The summed E-state index contributed by atoms with van der Waals surface area (Å²) in [6.45, 7) is 0.706. The molecule has 0 amide bonds. The van der Waals surface area contributed by atoms with E-state index >= 15 is 0 Å². The monoisotopic (exact) mass is 425 g/mol. The van der Waals surface area contributed by atoms with E-state index in [9.17, 15) is 4.39 Å². The van der Waals surface area contributed by atoms with Gasteiger partial charge in [0.25, 0.3) is 0 Å². The van der Waals surface area contributed by atoms with Crippen LogP contribution in [-0.4, -0.2) is 26.6 Å². The second-order valence-electron chi connectivity index (χ2n) is 7.32. The first-order valence-corrected chi connectivity index (χ1v) is 10.1. The van der Waals surface area contributed by atoms with E-state index in [2.05, 4.69) is 43.0 Å². The minimum Gasteiger partial charge on any atom is -0.496 e. The number of hydrogen-bond acceptors (Lipinski definition) is 5. The Kier molecular flexibility index (Phi) is 5.21. The molecule has 3 aromatic carbocycles. The summed E-state index contributed by atoms with van der Waals surface area (Å²) >= 11 is 0. The van der Waals surface area contributed by atoms with Crippen LogP contribution in [0, 0.1) is 5.82 Å². The highest BCUT2D eigenvalue weighted by Crippen LogP contribution is 2.30. The van der Waals surface area contributed by atoms with Gasteiger partial charge in [0, 0.05) is 29.9 Å². The molecule has 2 aromatic heterocycles. The van der Waals surface area contributed by atoms with Gasteiger partial charge in [0.15, 0.2) is 0 Å². The maximum atomic E-state index is 13.5. The molecule has 5 aromatic rings. The van der Waals surface area contributed by atoms with Gasteiger partial charge >= 0.3 is 0 Å². The number of ether oxygens (including phenoxy) is 1. The van der Waals surface area contributed by atoms with Gasteiger partial charge in [-0.25, -0.2) is 19.3 Å². The first-order valence-electron chi connectivity index (χ1n) is 10.1. The van der Waals surface area contributed by atoms with E-state index in [0.29, 0.717) is 29.4 Å². The van der Waals surface area contributed by atoms with E-state index < -0.39 is 0 Å². The first-order chi connectivity index (χ1) is 15.7. The van der Waals surface area contributed by atoms with Crippen LogP contribution in [0.2, 0.25) is 0 Å². The quantitative estimate of drug-likeness (QED) is 0.393. The van der Waals surface area contributed by atoms with Crippen molar-refractivity contribution >= 4 is 22.5 Å². The Morgan fingerprint density at radius 2 is 1.84 bits per heavy atom. The van der Waals surface area contributed by atoms with Crippen LogP contribution in [0.3, 0.4) is 0 Å². The van der Waals surface area contributed by atoms with Gasteiger partial charge in [-0.2, -0.15) is 0 Å². The fraction of sp³-hybridized carbons (Fsp3) is 0.0800. The van der Waals surface area contributed by atoms with Crippen LogP contribution in [0.25, 0.3) is 22.3 Å². The summed E-state index contributed by atoms with van der Waals surface area (Å²) in [6.07, 6.45) is 3.33. The molecule has 7 heteroatoms. The van der Waals surface area contributed by atoms with Gasteiger partial charge in [0.2, 0.25) is 0 Å². The van der Waals surface area contributed by atoms with Crippen molar-refractivity contribution in [3.05, 3.63) is 96.8 Å². The van der Waals surface area contributed by atoms with Gasteiger partial charge in [0.05, 0.1) is 30.2 Å². The number of para-hydroxylation sites is 2. The summed E-state index contributed by atoms with van der Waals surface area (Å²) in [5.41, 5.74) is 5.45. The van der Waals surface area contributed by atoms with E-state index in [0.717, 1.165) is 22.3 Å². The number of benzene rings is 3. The number of methoxy groups -OCH3 is 1. The van der Waals surface area contributed by atoms with Crippen molar-refractivity contribution in [2.24, 2.45) is 0 Å². The fourth-order valence-electron chi connectivity index (χ4n) is 3.68. The van der Waals surface area contributed by atoms with Crippen LogP contribution >= 0.6 is 0 Å². The maximum Gasteiger partial charge on any atom is 0.134 e. The summed E-state index contributed by atoms with van der Waals surface area (Å²) in [7, 11) is 1.51. The SMILES string of the molecule is COc1cc(F)ccc1-c1cc(Nc2cccc(Cn3cnc4ccccc43)c2)ncn1. The van der Waals surface area contributed by atoms with Gasteiger partial charge in [-0.15, -0.1) is 0 Å². The fourth-order valence-corrected chi connectivity index (χ4v) is 3.68. The van der Waals surface area contributed by atoms with E-state index in [1.807, 2.05) is 42.7 Å². The van der Waals surface area contributed by atoms with Crippen molar-refractivity contribution in [1.82, 2.24) is 19.5 Å². The molecular formula is C25H20FN5O. The zero-order chi connectivity index (χ0) is 21.9. The molecule has 0 bridgehead atoms. The Balaban J connectivity index is 1.39. The third-order valence-corrected chi connectivity index (χ3v) is 5.19. The van der Waals surface area contributed by atoms with Crippen molar-refractivity contribution in [3.8, 4) is 17.0 Å². The zero-order valence-corrected chi connectivity index (χ0v) is 17.4. The van der Waals surface area contributed by atoms with Gasteiger partial charge in [-0.3, -0.25) is 0 Å². The molecule has 0 spiro atoms. The zero-order valence-electron chi connectivity index (χ0n) is 17.4. The molecule has 158 valence electrons. The number of rotatable bonds is 6. The highest BCUT2D eigenvalue weighted by molar-refractivity contribution is 5.75. The molecule has 32 heavy (non-hydrogen) atoms. The Bertz CT molecular complexity index is 1400. The third-order valence-electron chi connectivity index (χ3n) is 5.19. The highest BCUT2D eigenvalue weighted by Gasteiger charge is 2.10. The Morgan fingerprint density at radius 3 is 2.75 bits per heavy atom. The number of anilines is 2. The van der Waals surface area contributed by atoms with Gasteiger partial charge in [-0.1, -0.05) is 24.3 Å². The van der Waals surface area contributed by atoms with Gasteiger partial charge in [0.1, 0.15) is 23.7 Å². The average molecular weight is 425 g/mol. The first kappa shape index (κ1) is 19.7. The highest BCUT2D eigenvalue weighted by atomic mass is 19.1. The van der Waals surface area contributed by atoms with Crippen LogP contribution in [-0.2, 0) is 6.54 Å². The Labute approximate surface area is 184 Å². The number of halogens is 1. The molecule has 0 saturated heterocycles. The summed E-state index contributed by atoms with van der Waals surface area (Å²) in [5, 5.41) is 3.33. The van der Waals surface area contributed by atoms with Crippen LogP contribution in [0.4, 0.5) is 15.9 Å². The van der Waals surface area contributed by atoms with Gasteiger partial charge in [-0.05, 0) is 42.0 Å². The summed E-state index contributed by atoms with van der Waals surface area (Å²) in [5.74, 6) is 0.691. The molecule has 0 aliphatic heterocycles. The minimum atomic E-state index is -0.361. The third kappa shape index (κ3) is 4.00. The van der Waals surface area contributed by atoms with Crippen LogP contribution in [0.15, 0.2) is 85.5 Å². The normalized spacial score (nSPS) is 10.9. The smallest absolute Gasteiger partial charge is 0.134 e. The van der Waals surface area contributed by atoms with Crippen molar-refractivity contribution in [3.63, 3.8) is 0 Å². The molecule has 0 aliphatic carbocycles. The molecule has 5 rings (SSSR count). The lowest BCUT2D eigenvalue weighted by atomic mass is 10.1. The summed E-state index contributed by atoms with van der Waals surface area (Å²) < 4.78 is 21.0. The molecule has 2 heterocycles. The molecule has 0 unspecified atom stereocenters. The van der Waals surface area contributed by atoms with Crippen molar-refractivity contribution in [1.29, 1.82) is 0 Å². The Hall–Kier alpha value is -4.26. The van der Waals surface area contributed by atoms with Crippen LogP contribution < -0.4 is 10.1 Å². The number of imidazole rings is 1. The van der Waals surface area contributed by atoms with Crippen molar-refractivity contribution in [2.45, 2.75) is 6.54 Å². The molecular weight excluding hydrogens is 405 g/mol. The molecule has 0 fully saturated rings. The molecule has 1 N–H and O–H groups in total. The second-order valence-corrected chi connectivity index (χ2v) is 7.32. The van der Waals surface area contributed by atoms with Crippen molar-refractivity contribution in [2.75, 3.05) is 12.4 Å². The largest absolute Gasteiger partial charge is 0.496 e. The standard InChI is InChI=1S/C25H20FN5O/c1-32-24-12-18(26)9-10-20(24)22-13-25(28-15-27-22)30-19-6-4-5-17(11-19)14-31-16-29-21-7-2-3-8-23(21)31/h2-13,15-16H,14H2,1H3,(H,27,28,30). The maximum absolute atomic E-state index is 13.5. The predicted molar refractivity (Wildman–Crippen MR) is 123 cm³/mol. The lowest BCUT2D eigenvalue weighted by Crippen LogP contribution is -2.00. The van der Waals surface area contributed by atoms with E-state index in [1.54, 1.807) is 6.07 Å². The topological polar surface area (TPSA) is 64.9 Å². The molecule has 0 aliphatic rings. The number of nitrogens with zero attached hydrogens (tertiary/aromatic N) is 4. The van der Waals surface area contributed by atoms with E-state index in [-0.39, 0.29) is 5.82 Å². The second kappa shape index (κ2) is 8.47. The number of hydrogen-bond donors (Lipinski definition) is 1. The van der Waals surface area contributed by atoms with Crippen LogP contribution in [0.5, 0.6) is 5.75 Å². The predicted octanol–water partition coefficient (Wildman–Crippen LogP) is 5.43. The minimum absolute atomic E-state index is 0.361. The summed E-state index contributed by atoms with van der Waals surface area (Å²) in [4.78, 5) is 13.1. The molecule has 0 radical (unpaired) electrons. The van der Waals surface area contributed by atoms with Crippen molar-refractivity contribution < 1.29 is 9.13 Å². The van der Waals surface area contributed by atoms with E-state index in [1.165, 1.54) is 25.6 Å². The van der Waals surface area contributed by atoms with E-state index in [4.69, 9.17) is 4.74 Å². The number of nitrogens with one attached hydrogen (secondary N) is 1. The lowest BCUT2D eigenvalue weighted by Gasteiger charge is -2.11. The number of aromatic nitrogens is 4.